The minimum absolute atomic E-state index is 0.00238. The molecule has 0 radical (unpaired) electrons. The van der Waals surface area contributed by atoms with Gasteiger partial charge in [0.2, 0.25) is 17.7 Å². The van der Waals surface area contributed by atoms with E-state index in [1.807, 2.05) is 0 Å². The zero-order valence-corrected chi connectivity index (χ0v) is 15.1. The van der Waals surface area contributed by atoms with Crippen LogP contribution >= 0.6 is 27.7 Å². The van der Waals surface area contributed by atoms with E-state index in [-0.39, 0.29) is 24.0 Å². The number of nitrogens with zero attached hydrogens (tertiary/aromatic N) is 1. The second-order valence-corrected chi connectivity index (χ2v) is 7.23. The molecule has 7 nitrogen and oxygen atoms in total. The number of hydrogen-bond acceptors (Lipinski definition) is 5. The van der Waals surface area contributed by atoms with E-state index in [0.717, 1.165) is 16.7 Å². The van der Waals surface area contributed by atoms with Crippen LogP contribution in [0.3, 0.4) is 0 Å². The molecule has 1 heterocycles. The molecule has 3 amide bonds. The fraction of sp³-hybridized carbons (Fsp3) is 0.333. The Morgan fingerprint density at radius 1 is 1.42 bits per heavy atom. The first-order valence-electron chi connectivity index (χ1n) is 7.04. The summed E-state index contributed by atoms with van der Waals surface area (Å²) in [7, 11) is 0. The molecule has 0 bridgehead atoms. The highest BCUT2D eigenvalue weighted by atomic mass is 79.9. The van der Waals surface area contributed by atoms with Crippen molar-refractivity contribution in [1.82, 2.24) is 5.32 Å². The Hall–Kier alpha value is -1.87. The van der Waals surface area contributed by atoms with E-state index in [0.29, 0.717) is 10.2 Å². The van der Waals surface area contributed by atoms with Gasteiger partial charge in [0.1, 0.15) is 6.04 Å². The highest BCUT2D eigenvalue weighted by molar-refractivity contribution is 9.10. The largest absolute Gasteiger partial charge is 0.480 e. The smallest absolute Gasteiger partial charge is 0.327 e. The van der Waals surface area contributed by atoms with Crippen molar-refractivity contribution in [2.24, 2.45) is 0 Å². The van der Waals surface area contributed by atoms with Crippen LogP contribution in [-0.2, 0) is 19.2 Å². The van der Waals surface area contributed by atoms with E-state index in [1.165, 1.54) is 6.92 Å². The van der Waals surface area contributed by atoms with Crippen LogP contribution in [0.1, 0.15) is 13.3 Å². The Kier molecular flexibility index (Phi) is 6.00. The second-order valence-electron chi connectivity index (χ2n) is 5.14. The molecule has 1 aromatic carbocycles. The fourth-order valence-corrected chi connectivity index (χ4v) is 3.87. The number of anilines is 1. The van der Waals surface area contributed by atoms with Gasteiger partial charge >= 0.3 is 5.97 Å². The van der Waals surface area contributed by atoms with Crippen molar-refractivity contribution in [3.05, 3.63) is 28.7 Å². The maximum Gasteiger partial charge on any atom is 0.327 e. The molecule has 0 saturated carbocycles. The standard InChI is InChI=1S/C15H15BrN2O5S/c1-8(19)17-10(15(22)23)7-24-12-6-13(20)18(14(12)21)11-5-3-2-4-9(11)16/h2-5,10,12H,6-7H2,1H3,(H,17,19)(H,22,23)/t10-,12-/m0/s1. The molecule has 1 aromatic rings. The third-order valence-electron chi connectivity index (χ3n) is 3.34. The quantitative estimate of drug-likeness (QED) is 0.681. The summed E-state index contributed by atoms with van der Waals surface area (Å²) in [6, 6.07) is 5.78. The van der Waals surface area contributed by atoms with Crippen LogP contribution in [0.15, 0.2) is 28.7 Å². The van der Waals surface area contributed by atoms with Crippen molar-refractivity contribution in [2.75, 3.05) is 10.7 Å². The first kappa shape index (κ1) is 18.5. The number of benzene rings is 1. The lowest BCUT2D eigenvalue weighted by Gasteiger charge is -2.17. The number of carbonyl (C=O) groups is 4. The van der Waals surface area contributed by atoms with Gasteiger partial charge in [0.15, 0.2) is 0 Å². The van der Waals surface area contributed by atoms with Gasteiger partial charge in [-0.3, -0.25) is 14.4 Å². The Labute approximate surface area is 150 Å². The number of hydrogen-bond donors (Lipinski definition) is 2. The number of rotatable bonds is 6. The molecular formula is C15H15BrN2O5S. The topological polar surface area (TPSA) is 104 Å². The summed E-state index contributed by atoms with van der Waals surface area (Å²) in [4.78, 5) is 47.9. The van der Waals surface area contributed by atoms with Crippen molar-refractivity contribution in [3.63, 3.8) is 0 Å². The second kappa shape index (κ2) is 7.80. The van der Waals surface area contributed by atoms with Crippen molar-refractivity contribution < 1.29 is 24.3 Å². The first-order valence-corrected chi connectivity index (χ1v) is 8.88. The van der Waals surface area contributed by atoms with Gasteiger partial charge in [0, 0.05) is 23.6 Å². The van der Waals surface area contributed by atoms with Gasteiger partial charge in [-0.2, -0.15) is 0 Å². The summed E-state index contributed by atoms with van der Waals surface area (Å²) in [5, 5.41) is 10.7. The number of imide groups is 1. The van der Waals surface area contributed by atoms with Crippen molar-refractivity contribution in [3.8, 4) is 0 Å². The molecule has 2 atom stereocenters. The minimum atomic E-state index is -1.18. The normalized spacial score (nSPS) is 18.6. The lowest BCUT2D eigenvalue weighted by molar-refractivity contribution is -0.140. The molecule has 9 heteroatoms. The molecular weight excluding hydrogens is 400 g/mol. The minimum Gasteiger partial charge on any atom is -0.480 e. The zero-order chi connectivity index (χ0) is 17.9. The van der Waals surface area contributed by atoms with Crippen LogP contribution in [0.2, 0.25) is 0 Å². The van der Waals surface area contributed by atoms with Crippen LogP contribution in [0, 0.1) is 0 Å². The van der Waals surface area contributed by atoms with Gasteiger partial charge in [-0.1, -0.05) is 12.1 Å². The van der Waals surface area contributed by atoms with E-state index in [2.05, 4.69) is 21.2 Å². The zero-order valence-electron chi connectivity index (χ0n) is 12.7. The number of carboxylic acid groups (broad SMARTS) is 1. The Morgan fingerprint density at radius 3 is 2.67 bits per heavy atom. The van der Waals surface area contributed by atoms with Crippen molar-refractivity contribution in [1.29, 1.82) is 0 Å². The van der Waals surface area contributed by atoms with E-state index >= 15 is 0 Å². The summed E-state index contributed by atoms with van der Waals surface area (Å²) in [5.74, 6) is -2.37. The molecule has 2 N–H and O–H groups in total. The van der Waals surface area contributed by atoms with Crippen LogP contribution in [0.4, 0.5) is 5.69 Å². The molecule has 128 valence electrons. The SMILES string of the molecule is CC(=O)N[C@@H](CS[C@H]1CC(=O)N(c2ccccc2Br)C1=O)C(=O)O. The predicted octanol–water partition coefficient (Wildman–Crippen LogP) is 1.40. The number of aliphatic carboxylic acids is 1. The average Bonchev–Trinajstić information content (AvgIpc) is 2.78. The maximum atomic E-state index is 12.5. The molecule has 0 spiro atoms. The number of para-hydroxylation sites is 1. The van der Waals surface area contributed by atoms with Crippen molar-refractivity contribution >= 4 is 57.1 Å². The number of carbonyl (C=O) groups excluding carboxylic acids is 3. The molecule has 2 rings (SSSR count). The van der Waals surface area contributed by atoms with E-state index in [1.54, 1.807) is 24.3 Å². The lowest BCUT2D eigenvalue weighted by Crippen LogP contribution is -2.42. The summed E-state index contributed by atoms with van der Waals surface area (Å²) in [6.07, 6.45) is -0.00273. The van der Waals surface area contributed by atoms with Crippen molar-refractivity contribution in [2.45, 2.75) is 24.6 Å². The van der Waals surface area contributed by atoms with Gasteiger partial charge in [-0.15, -0.1) is 11.8 Å². The number of thioether (sulfide) groups is 1. The molecule has 1 saturated heterocycles. The molecule has 0 aromatic heterocycles. The molecule has 0 aliphatic carbocycles. The number of halogens is 1. The summed E-state index contributed by atoms with van der Waals surface area (Å²) in [6.45, 7) is 1.22. The predicted molar refractivity (Wildman–Crippen MR) is 92.7 cm³/mol. The van der Waals surface area contributed by atoms with Crippen LogP contribution in [0.5, 0.6) is 0 Å². The highest BCUT2D eigenvalue weighted by Crippen LogP contribution is 2.34. The maximum absolute atomic E-state index is 12.5. The van der Waals surface area contributed by atoms with E-state index in [9.17, 15) is 19.2 Å². The van der Waals surface area contributed by atoms with Gasteiger partial charge in [0.05, 0.1) is 10.9 Å². The summed E-state index contributed by atoms with van der Waals surface area (Å²) < 4.78 is 0.624. The van der Waals surface area contributed by atoms with E-state index < -0.39 is 23.2 Å². The molecule has 1 aliphatic heterocycles. The third-order valence-corrected chi connectivity index (χ3v) is 5.31. The fourth-order valence-electron chi connectivity index (χ4n) is 2.25. The lowest BCUT2D eigenvalue weighted by atomic mass is 10.3. The summed E-state index contributed by atoms with van der Waals surface area (Å²) in [5.41, 5.74) is 0.465. The third kappa shape index (κ3) is 4.15. The van der Waals surface area contributed by atoms with Crippen LogP contribution < -0.4 is 10.2 Å². The monoisotopic (exact) mass is 414 g/mol. The highest BCUT2D eigenvalue weighted by Gasteiger charge is 2.41. The van der Waals surface area contributed by atoms with Gasteiger partial charge in [0.25, 0.3) is 0 Å². The van der Waals surface area contributed by atoms with Gasteiger partial charge < -0.3 is 10.4 Å². The summed E-state index contributed by atoms with van der Waals surface area (Å²) >= 11 is 4.37. The Morgan fingerprint density at radius 2 is 2.08 bits per heavy atom. The van der Waals surface area contributed by atoms with E-state index in [4.69, 9.17) is 5.11 Å². The van der Waals surface area contributed by atoms with Crippen LogP contribution in [-0.4, -0.2) is 45.8 Å². The average molecular weight is 415 g/mol. The number of carboxylic acids is 1. The van der Waals surface area contributed by atoms with Gasteiger partial charge in [-0.25, -0.2) is 9.69 Å². The Bertz CT molecular complexity index is 696. The Balaban J connectivity index is 2.07. The molecule has 1 fully saturated rings. The number of amides is 3. The molecule has 0 unspecified atom stereocenters. The van der Waals surface area contributed by atoms with Crippen LogP contribution in [0.25, 0.3) is 0 Å². The molecule has 24 heavy (non-hydrogen) atoms. The number of nitrogens with one attached hydrogen (secondary N) is 1. The van der Waals surface area contributed by atoms with Gasteiger partial charge in [-0.05, 0) is 28.1 Å². The first-order chi connectivity index (χ1) is 11.3. The molecule has 1 aliphatic rings.